The average molecular weight is 371 g/mol. The molecule has 0 amide bonds. The van der Waals surface area contributed by atoms with Crippen LogP contribution >= 0.6 is 0 Å². The molecule has 0 aliphatic carbocycles. The van der Waals surface area contributed by atoms with Crippen molar-refractivity contribution in [3.63, 3.8) is 0 Å². The van der Waals surface area contributed by atoms with Crippen LogP contribution < -0.4 is 0 Å². The molecule has 154 valence electrons. The second-order valence-corrected chi connectivity index (χ2v) is 7.95. The quantitative estimate of drug-likeness (QED) is 0.347. The van der Waals surface area contributed by atoms with Gasteiger partial charge in [0.1, 0.15) is 24.4 Å². The van der Waals surface area contributed by atoms with Crippen molar-refractivity contribution in [3.8, 4) is 0 Å². The van der Waals surface area contributed by atoms with Crippen molar-refractivity contribution in [1.82, 2.24) is 0 Å². The molecule has 0 N–H and O–H groups in total. The van der Waals surface area contributed by atoms with Crippen LogP contribution in [0.1, 0.15) is 90.9 Å². The monoisotopic (exact) mass is 370 g/mol. The number of unbranched alkanes of at least 4 members (excludes halogenated alkanes) is 10. The zero-order chi connectivity index (χ0) is 18.5. The van der Waals surface area contributed by atoms with Gasteiger partial charge in [-0.3, -0.25) is 0 Å². The minimum Gasteiger partial charge on any atom is -0.373 e. The zero-order valence-electron chi connectivity index (χ0n) is 17.3. The molecule has 0 radical (unpaired) electrons. The molecule has 2 aliphatic heterocycles. The summed E-state index contributed by atoms with van der Waals surface area (Å²) < 4.78 is 24.0. The van der Waals surface area contributed by atoms with E-state index in [-0.39, 0.29) is 24.4 Å². The molecule has 0 aromatic rings. The molecule has 2 rings (SSSR count). The third-order valence-corrected chi connectivity index (χ3v) is 5.62. The van der Waals surface area contributed by atoms with E-state index in [0.717, 1.165) is 26.1 Å². The number of hydrogen-bond donors (Lipinski definition) is 0. The standard InChI is InChI=1S/C22H42O4/c1-3-5-7-9-11-13-15-23-19-17-25-22-20(18-26-21(19)22)24-16-14-12-10-8-6-4-2/h19-22H,3-18H2,1-2H3/t19-,20-,21+,22+/m1/s1. The summed E-state index contributed by atoms with van der Waals surface area (Å²) in [5, 5.41) is 0. The van der Waals surface area contributed by atoms with Crippen LogP contribution in [0, 0.1) is 0 Å². The summed E-state index contributed by atoms with van der Waals surface area (Å²) in [5.74, 6) is 0. The molecular weight excluding hydrogens is 328 g/mol. The Morgan fingerprint density at radius 2 is 0.962 bits per heavy atom. The molecule has 2 fully saturated rings. The highest BCUT2D eigenvalue weighted by Gasteiger charge is 2.48. The van der Waals surface area contributed by atoms with E-state index in [2.05, 4.69) is 13.8 Å². The van der Waals surface area contributed by atoms with Gasteiger partial charge in [0.05, 0.1) is 13.2 Å². The van der Waals surface area contributed by atoms with Gasteiger partial charge in [0.2, 0.25) is 0 Å². The maximum atomic E-state index is 6.05. The molecule has 2 aliphatic rings. The van der Waals surface area contributed by atoms with E-state index < -0.39 is 0 Å². The van der Waals surface area contributed by atoms with Gasteiger partial charge in [0, 0.05) is 13.2 Å². The van der Waals surface area contributed by atoms with Crippen LogP contribution in [0.2, 0.25) is 0 Å². The van der Waals surface area contributed by atoms with E-state index in [1.807, 2.05) is 0 Å². The normalized spacial score (nSPS) is 27.9. The van der Waals surface area contributed by atoms with E-state index >= 15 is 0 Å². The average Bonchev–Trinajstić information content (AvgIpc) is 3.23. The topological polar surface area (TPSA) is 36.9 Å². The zero-order valence-corrected chi connectivity index (χ0v) is 17.3. The third-order valence-electron chi connectivity index (χ3n) is 5.62. The summed E-state index contributed by atoms with van der Waals surface area (Å²) in [7, 11) is 0. The van der Waals surface area contributed by atoms with Crippen molar-refractivity contribution in [1.29, 1.82) is 0 Å². The van der Waals surface area contributed by atoms with Crippen LogP contribution in [0.3, 0.4) is 0 Å². The Bertz CT molecular complexity index is 304. The first-order valence-electron chi connectivity index (χ1n) is 11.3. The van der Waals surface area contributed by atoms with Gasteiger partial charge in [0.25, 0.3) is 0 Å². The van der Waals surface area contributed by atoms with Gasteiger partial charge in [0.15, 0.2) is 0 Å². The first kappa shape index (κ1) is 22.1. The molecule has 0 unspecified atom stereocenters. The lowest BCUT2D eigenvalue weighted by atomic mass is 10.1. The molecule has 4 atom stereocenters. The predicted octanol–water partition coefficient (Wildman–Crippen LogP) is 5.28. The molecule has 0 saturated carbocycles. The highest BCUT2D eigenvalue weighted by atomic mass is 16.6. The minimum atomic E-state index is 0.0737. The Labute approximate surface area is 161 Å². The van der Waals surface area contributed by atoms with E-state index in [0.29, 0.717) is 13.2 Å². The second-order valence-electron chi connectivity index (χ2n) is 7.95. The highest BCUT2D eigenvalue weighted by Crippen LogP contribution is 2.30. The molecule has 4 nitrogen and oxygen atoms in total. The third kappa shape index (κ3) is 7.84. The fourth-order valence-corrected chi connectivity index (χ4v) is 3.95. The molecular formula is C22H42O4. The molecule has 2 saturated heterocycles. The van der Waals surface area contributed by atoms with E-state index in [4.69, 9.17) is 18.9 Å². The molecule has 4 heteroatoms. The van der Waals surface area contributed by atoms with Crippen LogP contribution in [0.5, 0.6) is 0 Å². The first-order valence-corrected chi connectivity index (χ1v) is 11.3. The van der Waals surface area contributed by atoms with Gasteiger partial charge in [-0.15, -0.1) is 0 Å². The molecule has 0 aromatic heterocycles. The van der Waals surface area contributed by atoms with Crippen molar-refractivity contribution in [3.05, 3.63) is 0 Å². The van der Waals surface area contributed by atoms with Crippen molar-refractivity contribution in [2.24, 2.45) is 0 Å². The predicted molar refractivity (Wildman–Crippen MR) is 106 cm³/mol. The maximum Gasteiger partial charge on any atom is 0.115 e. The largest absolute Gasteiger partial charge is 0.373 e. The van der Waals surface area contributed by atoms with Gasteiger partial charge in [-0.1, -0.05) is 78.1 Å². The molecule has 0 aromatic carbocycles. The van der Waals surface area contributed by atoms with Crippen LogP contribution in [-0.4, -0.2) is 50.8 Å². The van der Waals surface area contributed by atoms with E-state index in [1.165, 1.54) is 64.2 Å². The van der Waals surface area contributed by atoms with Crippen molar-refractivity contribution in [2.75, 3.05) is 26.4 Å². The Balaban J connectivity index is 1.50. The molecule has 2 heterocycles. The van der Waals surface area contributed by atoms with Gasteiger partial charge < -0.3 is 18.9 Å². The van der Waals surface area contributed by atoms with Crippen LogP contribution in [0.25, 0.3) is 0 Å². The summed E-state index contributed by atoms with van der Waals surface area (Å²) in [6, 6.07) is 0. The SMILES string of the molecule is CCCCCCCCO[C@@H]1CO[C@@H]2[C@H]1OC[C@H]2OCCCCCCCC. The van der Waals surface area contributed by atoms with Gasteiger partial charge >= 0.3 is 0 Å². The van der Waals surface area contributed by atoms with Crippen molar-refractivity contribution < 1.29 is 18.9 Å². The molecule has 26 heavy (non-hydrogen) atoms. The molecule has 0 bridgehead atoms. The summed E-state index contributed by atoms with van der Waals surface area (Å²) >= 11 is 0. The molecule has 0 spiro atoms. The Morgan fingerprint density at radius 1 is 0.577 bits per heavy atom. The lowest BCUT2D eigenvalue weighted by molar-refractivity contribution is -0.0512. The van der Waals surface area contributed by atoms with Gasteiger partial charge in [-0.25, -0.2) is 0 Å². The van der Waals surface area contributed by atoms with Crippen LogP contribution in [0.15, 0.2) is 0 Å². The summed E-state index contributed by atoms with van der Waals surface area (Å²) in [6.45, 7) is 7.48. The summed E-state index contributed by atoms with van der Waals surface area (Å²) in [5.41, 5.74) is 0. The first-order chi connectivity index (χ1) is 12.9. The van der Waals surface area contributed by atoms with Gasteiger partial charge in [-0.2, -0.15) is 0 Å². The van der Waals surface area contributed by atoms with Crippen molar-refractivity contribution >= 4 is 0 Å². The lowest BCUT2D eigenvalue weighted by Crippen LogP contribution is -2.34. The van der Waals surface area contributed by atoms with E-state index in [1.54, 1.807) is 0 Å². The number of hydrogen-bond acceptors (Lipinski definition) is 4. The smallest absolute Gasteiger partial charge is 0.115 e. The minimum absolute atomic E-state index is 0.0737. The van der Waals surface area contributed by atoms with Crippen LogP contribution in [0.4, 0.5) is 0 Å². The Hall–Kier alpha value is -0.160. The summed E-state index contributed by atoms with van der Waals surface area (Å²) in [6.07, 6.45) is 15.9. The second kappa shape index (κ2) is 13.9. The fourth-order valence-electron chi connectivity index (χ4n) is 3.95. The fraction of sp³-hybridized carbons (Fsp3) is 1.00. The summed E-state index contributed by atoms with van der Waals surface area (Å²) in [4.78, 5) is 0. The number of rotatable bonds is 16. The number of ether oxygens (including phenoxy) is 4. The number of fused-ring (bicyclic) bond motifs is 1. The van der Waals surface area contributed by atoms with E-state index in [9.17, 15) is 0 Å². The van der Waals surface area contributed by atoms with Gasteiger partial charge in [-0.05, 0) is 12.8 Å². The van der Waals surface area contributed by atoms with Crippen molar-refractivity contribution in [2.45, 2.75) is 115 Å². The highest BCUT2D eigenvalue weighted by molar-refractivity contribution is 4.95. The Morgan fingerprint density at radius 3 is 1.38 bits per heavy atom. The Kier molecular flexibility index (Phi) is 11.9. The maximum absolute atomic E-state index is 6.05. The lowest BCUT2D eigenvalue weighted by Gasteiger charge is -2.17. The van der Waals surface area contributed by atoms with Crippen LogP contribution in [-0.2, 0) is 18.9 Å².